The molecule has 0 aliphatic heterocycles. The molecular formula is C41H30N4. The molecule has 214 valence electrons. The first-order chi connectivity index (χ1) is 22.3. The molecule has 4 nitrogen and oxygen atoms in total. The number of nitrogens with zero attached hydrogens (tertiary/aromatic N) is 2. The molecule has 0 fully saturated rings. The summed E-state index contributed by atoms with van der Waals surface area (Å²) in [6.07, 6.45) is 4.16. The van der Waals surface area contributed by atoms with Gasteiger partial charge in [0.05, 0.1) is 11.2 Å². The van der Waals surface area contributed by atoms with Crippen LogP contribution in [0.25, 0.3) is 60.9 Å². The van der Waals surface area contributed by atoms with Crippen LogP contribution in [0, 0.1) is 0 Å². The van der Waals surface area contributed by atoms with E-state index in [1.54, 1.807) is 0 Å². The zero-order valence-electron chi connectivity index (χ0n) is 24.6. The van der Waals surface area contributed by atoms with Crippen LogP contribution < -0.4 is 10.7 Å². The van der Waals surface area contributed by atoms with Gasteiger partial charge in [-0.2, -0.15) is 9.89 Å². The standard InChI is InChI=1S/C41H30N4/c1-3-14-30(15-4-1)41-36-23-11-12-25-39(36)45(44-41)43-38-24-13-17-29(26-27-42-32-18-5-2-6-19-32)40(38)37-28-31-16-7-8-20-33(31)34-21-9-10-22-35(34)37/h1-28,42-43H/b27-26-. The number of anilines is 2. The minimum atomic E-state index is 0.944. The first-order valence-electron chi connectivity index (χ1n) is 15.2. The van der Waals surface area contributed by atoms with Gasteiger partial charge in [-0.15, -0.1) is 0 Å². The van der Waals surface area contributed by atoms with Crippen LogP contribution in [0.5, 0.6) is 0 Å². The molecule has 45 heavy (non-hydrogen) atoms. The van der Waals surface area contributed by atoms with Crippen LogP contribution >= 0.6 is 0 Å². The molecule has 4 heteroatoms. The van der Waals surface area contributed by atoms with Crippen molar-refractivity contribution in [3.8, 4) is 22.4 Å². The van der Waals surface area contributed by atoms with Crippen LogP contribution in [-0.2, 0) is 0 Å². The number of nitrogens with one attached hydrogen (secondary N) is 2. The fraction of sp³-hybridized carbons (Fsp3) is 0. The van der Waals surface area contributed by atoms with E-state index in [0.29, 0.717) is 0 Å². The van der Waals surface area contributed by atoms with E-state index in [1.807, 2.05) is 35.3 Å². The van der Waals surface area contributed by atoms with Crippen molar-refractivity contribution >= 4 is 49.9 Å². The highest BCUT2D eigenvalue weighted by Crippen LogP contribution is 2.41. The van der Waals surface area contributed by atoms with E-state index in [1.165, 1.54) is 21.5 Å². The molecule has 7 aromatic carbocycles. The molecular weight excluding hydrogens is 548 g/mol. The number of hydrogen-bond acceptors (Lipinski definition) is 3. The summed E-state index contributed by atoms with van der Waals surface area (Å²) in [6.45, 7) is 0. The predicted molar refractivity (Wildman–Crippen MR) is 190 cm³/mol. The summed E-state index contributed by atoms with van der Waals surface area (Å²) in [5, 5.41) is 14.5. The van der Waals surface area contributed by atoms with Gasteiger partial charge in [-0.05, 0) is 69.1 Å². The SMILES string of the molecule is C(=C/c1cccc(Nn2nc(-c3ccccc3)c3ccccc32)c1-c1cc2ccccc2c2ccccc12)/Nc1ccccc1. The molecule has 8 rings (SSSR count). The van der Waals surface area contributed by atoms with Gasteiger partial charge in [-0.25, -0.2) is 0 Å². The van der Waals surface area contributed by atoms with E-state index in [0.717, 1.165) is 50.2 Å². The lowest BCUT2D eigenvalue weighted by molar-refractivity contribution is 0.837. The van der Waals surface area contributed by atoms with Crippen LogP contribution in [0.4, 0.5) is 11.4 Å². The second-order valence-corrected chi connectivity index (χ2v) is 11.1. The molecule has 0 bridgehead atoms. The van der Waals surface area contributed by atoms with Gasteiger partial charge >= 0.3 is 0 Å². The first-order valence-corrected chi connectivity index (χ1v) is 15.2. The Bertz CT molecular complexity index is 2320. The summed E-state index contributed by atoms with van der Waals surface area (Å²) < 4.78 is 0. The van der Waals surface area contributed by atoms with Gasteiger partial charge in [0, 0.05) is 28.4 Å². The summed E-state index contributed by atoms with van der Waals surface area (Å²) in [7, 11) is 0. The van der Waals surface area contributed by atoms with Crippen molar-refractivity contribution in [2.75, 3.05) is 10.7 Å². The van der Waals surface area contributed by atoms with Crippen molar-refractivity contribution in [1.29, 1.82) is 0 Å². The number of aromatic nitrogens is 2. The second kappa shape index (κ2) is 11.5. The maximum atomic E-state index is 5.11. The number of rotatable bonds is 7. The van der Waals surface area contributed by atoms with E-state index >= 15 is 0 Å². The molecule has 0 unspecified atom stereocenters. The Balaban J connectivity index is 1.33. The van der Waals surface area contributed by atoms with Crippen LogP contribution in [0.3, 0.4) is 0 Å². The van der Waals surface area contributed by atoms with E-state index in [2.05, 4.69) is 150 Å². The molecule has 0 saturated carbocycles. The molecule has 1 aromatic heterocycles. The Morgan fingerprint density at radius 3 is 2.04 bits per heavy atom. The van der Waals surface area contributed by atoms with Crippen LogP contribution in [-0.4, -0.2) is 9.89 Å². The molecule has 0 amide bonds. The highest BCUT2D eigenvalue weighted by atomic mass is 15.6. The molecule has 8 aromatic rings. The maximum absolute atomic E-state index is 5.11. The zero-order chi connectivity index (χ0) is 30.0. The predicted octanol–water partition coefficient (Wildman–Crippen LogP) is 10.6. The topological polar surface area (TPSA) is 41.9 Å². The van der Waals surface area contributed by atoms with Crippen molar-refractivity contribution < 1.29 is 0 Å². The normalized spacial score (nSPS) is 11.5. The molecule has 1 heterocycles. The van der Waals surface area contributed by atoms with Crippen molar-refractivity contribution in [3.05, 3.63) is 169 Å². The fourth-order valence-corrected chi connectivity index (χ4v) is 6.20. The lowest BCUT2D eigenvalue weighted by Gasteiger charge is -2.18. The Morgan fingerprint density at radius 1 is 0.556 bits per heavy atom. The summed E-state index contributed by atoms with van der Waals surface area (Å²) in [5.74, 6) is 0. The summed E-state index contributed by atoms with van der Waals surface area (Å²) in [5.41, 5.74) is 12.1. The highest BCUT2D eigenvalue weighted by molar-refractivity contribution is 6.15. The summed E-state index contributed by atoms with van der Waals surface area (Å²) >= 11 is 0. The molecule has 0 atom stereocenters. The van der Waals surface area contributed by atoms with Crippen molar-refractivity contribution in [2.24, 2.45) is 0 Å². The molecule has 0 saturated heterocycles. The molecule has 0 aliphatic carbocycles. The zero-order valence-corrected chi connectivity index (χ0v) is 24.6. The summed E-state index contributed by atoms with van der Waals surface area (Å²) in [4.78, 5) is 1.91. The third kappa shape index (κ3) is 4.98. The average molecular weight is 579 g/mol. The highest BCUT2D eigenvalue weighted by Gasteiger charge is 2.17. The van der Waals surface area contributed by atoms with Crippen LogP contribution in [0.2, 0.25) is 0 Å². The molecule has 2 N–H and O–H groups in total. The van der Waals surface area contributed by atoms with E-state index in [4.69, 9.17) is 5.10 Å². The van der Waals surface area contributed by atoms with Crippen LogP contribution in [0.1, 0.15) is 5.56 Å². The van der Waals surface area contributed by atoms with E-state index < -0.39 is 0 Å². The largest absolute Gasteiger partial charge is 0.362 e. The quantitative estimate of drug-likeness (QED) is 0.185. The fourth-order valence-electron chi connectivity index (χ4n) is 6.20. The van der Waals surface area contributed by atoms with E-state index in [9.17, 15) is 0 Å². The number of fused-ring (bicyclic) bond motifs is 4. The monoisotopic (exact) mass is 578 g/mol. The van der Waals surface area contributed by atoms with Gasteiger partial charge in [-0.1, -0.05) is 127 Å². The lowest BCUT2D eigenvalue weighted by Crippen LogP contribution is -2.12. The van der Waals surface area contributed by atoms with Gasteiger partial charge < -0.3 is 5.32 Å². The van der Waals surface area contributed by atoms with Crippen molar-refractivity contribution in [1.82, 2.24) is 9.89 Å². The number of benzene rings is 7. The summed E-state index contributed by atoms with van der Waals surface area (Å²) in [6, 6.07) is 55.0. The minimum absolute atomic E-state index is 0.944. The minimum Gasteiger partial charge on any atom is -0.362 e. The van der Waals surface area contributed by atoms with Gasteiger partial charge in [0.15, 0.2) is 0 Å². The van der Waals surface area contributed by atoms with Crippen molar-refractivity contribution in [2.45, 2.75) is 0 Å². The van der Waals surface area contributed by atoms with Crippen LogP contribution in [0.15, 0.2) is 164 Å². The number of para-hydroxylation sites is 2. The van der Waals surface area contributed by atoms with Gasteiger partial charge in [-0.3, -0.25) is 5.43 Å². The van der Waals surface area contributed by atoms with Gasteiger partial charge in [0.1, 0.15) is 5.69 Å². The lowest BCUT2D eigenvalue weighted by atomic mass is 9.90. The Kier molecular flexibility index (Phi) is 6.78. The molecule has 0 radical (unpaired) electrons. The molecule has 0 aliphatic rings. The Morgan fingerprint density at radius 2 is 1.22 bits per heavy atom. The molecule has 0 spiro atoms. The Labute approximate surface area is 261 Å². The Hall–Kier alpha value is -6.13. The first kappa shape index (κ1) is 26.5. The van der Waals surface area contributed by atoms with E-state index in [-0.39, 0.29) is 0 Å². The smallest absolute Gasteiger partial charge is 0.102 e. The second-order valence-electron chi connectivity index (χ2n) is 11.1. The average Bonchev–Trinajstić information content (AvgIpc) is 3.47. The number of hydrogen-bond donors (Lipinski definition) is 2. The van der Waals surface area contributed by atoms with Gasteiger partial charge in [0.25, 0.3) is 0 Å². The maximum Gasteiger partial charge on any atom is 0.102 e. The third-order valence-corrected chi connectivity index (χ3v) is 8.28. The van der Waals surface area contributed by atoms with Gasteiger partial charge in [0.2, 0.25) is 0 Å². The third-order valence-electron chi connectivity index (χ3n) is 8.28. The van der Waals surface area contributed by atoms with Crippen molar-refractivity contribution in [3.63, 3.8) is 0 Å².